The molecule has 0 aromatic carbocycles. The average Bonchev–Trinajstić information content (AvgIpc) is 2.81. The van der Waals surface area contributed by atoms with Crippen molar-refractivity contribution in [1.82, 2.24) is 9.97 Å². The van der Waals surface area contributed by atoms with Crippen LogP contribution in [0.25, 0.3) is 0 Å². The second-order valence-electron chi connectivity index (χ2n) is 3.89. The molecular weight excluding hydrogens is 284 g/mol. The summed E-state index contributed by atoms with van der Waals surface area (Å²) < 4.78 is 0. The molecule has 2 N–H and O–H groups in total. The van der Waals surface area contributed by atoms with Gasteiger partial charge in [0.15, 0.2) is 0 Å². The Morgan fingerprint density at radius 3 is 2.90 bits per heavy atom. The Labute approximate surface area is 117 Å². The molecule has 0 fully saturated rings. The summed E-state index contributed by atoms with van der Waals surface area (Å²) in [5.74, 6) is -1.12. The van der Waals surface area contributed by atoms with Crippen LogP contribution in [0.2, 0.25) is 0 Å². The maximum atomic E-state index is 11.0. The smallest absolute Gasteiger partial charge is 0.342 e. The lowest BCUT2D eigenvalue weighted by molar-refractivity contribution is -0.385. The summed E-state index contributed by atoms with van der Waals surface area (Å²) in [5.41, 5.74) is -0.0364. The van der Waals surface area contributed by atoms with Gasteiger partial charge in [-0.1, -0.05) is 0 Å². The van der Waals surface area contributed by atoms with E-state index >= 15 is 0 Å². The number of carboxylic acids is 1. The summed E-state index contributed by atoms with van der Waals surface area (Å²) in [7, 11) is 0. The lowest BCUT2D eigenvalue weighted by Crippen LogP contribution is -2.07. The van der Waals surface area contributed by atoms with E-state index in [9.17, 15) is 14.9 Å². The molecule has 0 aliphatic heterocycles. The van der Waals surface area contributed by atoms with Crippen LogP contribution in [0.5, 0.6) is 0 Å². The fraction of sp³-hybridized carbons (Fsp3) is 0.182. The van der Waals surface area contributed by atoms with Crippen molar-refractivity contribution < 1.29 is 14.8 Å². The van der Waals surface area contributed by atoms with E-state index in [-0.39, 0.29) is 5.82 Å². The molecule has 9 heteroatoms. The first-order chi connectivity index (χ1) is 9.47. The van der Waals surface area contributed by atoms with Crippen LogP contribution in [-0.2, 0) is 6.54 Å². The van der Waals surface area contributed by atoms with Crippen LogP contribution in [0.4, 0.5) is 11.5 Å². The fourth-order valence-electron chi connectivity index (χ4n) is 1.51. The molecular formula is C11H10N4O4S. The van der Waals surface area contributed by atoms with Gasteiger partial charge in [-0.15, -0.1) is 11.3 Å². The van der Waals surface area contributed by atoms with Crippen molar-refractivity contribution in [3.05, 3.63) is 44.0 Å². The van der Waals surface area contributed by atoms with Gasteiger partial charge in [-0.2, -0.15) is 0 Å². The number of anilines is 1. The zero-order valence-corrected chi connectivity index (χ0v) is 11.2. The van der Waals surface area contributed by atoms with E-state index in [1.165, 1.54) is 11.3 Å². The summed E-state index contributed by atoms with van der Waals surface area (Å²) in [6.45, 7) is 2.25. The van der Waals surface area contributed by atoms with Crippen molar-refractivity contribution in [2.24, 2.45) is 0 Å². The first-order valence-electron chi connectivity index (χ1n) is 5.50. The molecule has 0 aliphatic carbocycles. The molecule has 8 nitrogen and oxygen atoms in total. The molecule has 0 amide bonds. The summed E-state index contributed by atoms with van der Waals surface area (Å²) in [4.78, 5) is 29.0. The number of thiazole rings is 1. The van der Waals surface area contributed by atoms with E-state index in [1.54, 1.807) is 0 Å². The number of nitrogens with one attached hydrogen (secondary N) is 1. The lowest BCUT2D eigenvalue weighted by atomic mass is 10.2. The molecule has 0 bridgehead atoms. The molecule has 2 heterocycles. The normalized spacial score (nSPS) is 10.2. The standard InChI is InChI=1S/C11H10N4O4S/c1-6-5-20-10(14-6)4-13-9-2-7(11(16)17)8(3-12-9)15(18)19/h2-3,5H,4H2,1H3,(H,12,13)(H,16,17). The van der Waals surface area contributed by atoms with E-state index in [0.717, 1.165) is 23.0 Å². The number of pyridine rings is 1. The van der Waals surface area contributed by atoms with Crippen LogP contribution >= 0.6 is 11.3 Å². The van der Waals surface area contributed by atoms with Gasteiger partial charge in [-0.3, -0.25) is 10.1 Å². The number of aromatic nitrogens is 2. The van der Waals surface area contributed by atoms with E-state index in [4.69, 9.17) is 5.11 Å². The van der Waals surface area contributed by atoms with Crippen molar-refractivity contribution in [3.8, 4) is 0 Å². The summed E-state index contributed by atoms with van der Waals surface area (Å²) >= 11 is 1.46. The molecule has 0 saturated carbocycles. The Morgan fingerprint density at radius 1 is 1.60 bits per heavy atom. The Morgan fingerprint density at radius 2 is 2.35 bits per heavy atom. The molecule has 0 aliphatic rings. The first kappa shape index (κ1) is 13.9. The summed E-state index contributed by atoms with van der Waals surface area (Å²) in [5, 5.41) is 25.2. The van der Waals surface area contributed by atoms with Gasteiger partial charge in [0.1, 0.15) is 22.6 Å². The van der Waals surface area contributed by atoms with Crippen LogP contribution in [0.3, 0.4) is 0 Å². The predicted molar refractivity (Wildman–Crippen MR) is 72.0 cm³/mol. The minimum absolute atomic E-state index is 0.251. The third-order valence-electron chi connectivity index (χ3n) is 2.40. The second kappa shape index (κ2) is 5.61. The zero-order valence-electron chi connectivity index (χ0n) is 10.4. The van der Waals surface area contributed by atoms with Gasteiger partial charge in [0, 0.05) is 17.1 Å². The zero-order chi connectivity index (χ0) is 14.7. The maximum absolute atomic E-state index is 11.0. The van der Waals surface area contributed by atoms with Gasteiger partial charge in [0.25, 0.3) is 0 Å². The van der Waals surface area contributed by atoms with Gasteiger partial charge in [-0.25, -0.2) is 14.8 Å². The Balaban J connectivity index is 2.18. The third-order valence-corrected chi connectivity index (χ3v) is 3.36. The SMILES string of the molecule is Cc1csc(CNc2cc(C(=O)O)c([N+](=O)[O-])cn2)n1. The van der Waals surface area contributed by atoms with Crippen LogP contribution in [-0.4, -0.2) is 26.0 Å². The van der Waals surface area contributed by atoms with Gasteiger partial charge >= 0.3 is 11.7 Å². The van der Waals surface area contributed by atoms with E-state index in [2.05, 4.69) is 15.3 Å². The van der Waals surface area contributed by atoms with Crippen LogP contribution < -0.4 is 5.32 Å². The number of carbonyl (C=O) groups is 1. The van der Waals surface area contributed by atoms with Gasteiger partial charge in [-0.05, 0) is 6.92 Å². The Hall–Kier alpha value is -2.55. The van der Waals surface area contributed by atoms with E-state index in [1.807, 2.05) is 12.3 Å². The molecule has 0 atom stereocenters. The fourth-order valence-corrected chi connectivity index (χ4v) is 2.22. The Kier molecular flexibility index (Phi) is 3.89. The predicted octanol–water partition coefficient (Wildman–Crippen LogP) is 2.07. The molecule has 0 spiro atoms. The molecule has 0 unspecified atom stereocenters. The molecule has 104 valence electrons. The number of carboxylic acid groups (broad SMARTS) is 1. The summed E-state index contributed by atoms with van der Waals surface area (Å²) in [6, 6.07) is 1.14. The Bertz CT molecular complexity index is 670. The average molecular weight is 294 g/mol. The van der Waals surface area contributed by atoms with Crippen LogP contribution in [0, 0.1) is 17.0 Å². The van der Waals surface area contributed by atoms with E-state index < -0.39 is 22.1 Å². The van der Waals surface area contributed by atoms with Crippen molar-refractivity contribution in [1.29, 1.82) is 0 Å². The monoisotopic (exact) mass is 294 g/mol. The van der Waals surface area contributed by atoms with Gasteiger partial charge in [0.2, 0.25) is 0 Å². The first-order valence-corrected chi connectivity index (χ1v) is 6.38. The molecule has 0 radical (unpaired) electrons. The van der Waals surface area contributed by atoms with Crippen LogP contribution in [0.1, 0.15) is 21.1 Å². The van der Waals surface area contributed by atoms with Gasteiger partial charge in [0.05, 0.1) is 11.5 Å². The molecule has 20 heavy (non-hydrogen) atoms. The van der Waals surface area contributed by atoms with Crippen molar-refractivity contribution >= 4 is 28.8 Å². The van der Waals surface area contributed by atoms with Crippen molar-refractivity contribution in [2.45, 2.75) is 13.5 Å². The van der Waals surface area contributed by atoms with Crippen LogP contribution in [0.15, 0.2) is 17.6 Å². The minimum Gasteiger partial charge on any atom is -0.477 e. The van der Waals surface area contributed by atoms with E-state index in [0.29, 0.717) is 6.54 Å². The van der Waals surface area contributed by atoms with Gasteiger partial charge < -0.3 is 10.4 Å². The summed E-state index contributed by atoms with van der Waals surface area (Å²) in [6.07, 6.45) is 0.929. The number of hydrogen-bond acceptors (Lipinski definition) is 7. The number of rotatable bonds is 5. The quantitative estimate of drug-likeness (QED) is 0.640. The highest BCUT2D eigenvalue weighted by Crippen LogP contribution is 2.20. The van der Waals surface area contributed by atoms with Crippen molar-refractivity contribution in [2.75, 3.05) is 5.32 Å². The number of nitro groups is 1. The second-order valence-corrected chi connectivity index (χ2v) is 4.83. The van der Waals surface area contributed by atoms with Crippen molar-refractivity contribution in [3.63, 3.8) is 0 Å². The molecule has 2 rings (SSSR count). The largest absolute Gasteiger partial charge is 0.477 e. The topological polar surface area (TPSA) is 118 Å². The molecule has 2 aromatic rings. The highest BCUT2D eigenvalue weighted by molar-refractivity contribution is 7.09. The number of aromatic carboxylic acids is 1. The number of hydrogen-bond donors (Lipinski definition) is 2. The highest BCUT2D eigenvalue weighted by atomic mass is 32.1. The minimum atomic E-state index is -1.37. The lowest BCUT2D eigenvalue weighted by Gasteiger charge is -2.04. The number of nitrogens with zero attached hydrogens (tertiary/aromatic N) is 3. The highest BCUT2D eigenvalue weighted by Gasteiger charge is 2.20. The number of aryl methyl sites for hydroxylation is 1. The maximum Gasteiger partial charge on any atom is 0.342 e. The molecule has 0 saturated heterocycles. The molecule has 2 aromatic heterocycles. The third kappa shape index (κ3) is 3.06.